The Morgan fingerprint density at radius 3 is 2.56 bits per heavy atom. The predicted molar refractivity (Wildman–Crippen MR) is 108 cm³/mol. The minimum atomic E-state index is -0.322. The standard InChI is InChI=1S/C20H33N5O2/c1-6-15-9-7-8-11-24(15)13-16-21-18-17(25(16)12-10-14(2)3)19(26)23(5)20(27)22(18)4/h14-15H,6-13H2,1-5H3/t15-/m1/s1. The molecule has 1 fully saturated rings. The number of likely N-dealkylation sites (tertiary alicyclic amines) is 1. The summed E-state index contributed by atoms with van der Waals surface area (Å²) in [6, 6.07) is 0.573. The van der Waals surface area contributed by atoms with Gasteiger partial charge in [-0.3, -0.25) is 18.8 Å². The van der Waals surface area contributed by atoms with E-state index < -0.39 is 0 Å². The van der Waals surface area contributed by atoms with Crippen molar-refractivity contribution in [1.29, 1.82) is 0 Å². The van der Waals surface area contributed by atoms with E-state index in [1.165, 1.54) is 28.4 Å². The van der Waals surface area contributed by atoms with Gasteiger partial charge in [-0.1, -0.05) is 27.2 Å². The monoisotopic (exact) mass is 375 g/mol. The fourth-order valence-corrected chi connectivity index (χ4v) is 4.15. The first-order chi connectivity index (χ1) is 12.8. The molecule has 3 rings (SSSR count). The summed E-state index contributed by atoms with van der Waals surface area (Å²) in [5.74, 6) is 1.44. The van der Waals surface area contributed by atoms with Crippen LogP contribution in [0, 0.1) is 5.92 Å². The number of imidazole rings is 1. The van der Waals surface area contributed by atoms with Crippen molar-refractivity contribution in [3.05, 3.63) is 26.7 Å². The highest BCUT2D eigenvalue weighted by atomic mass is 16.2. The quantitative estimate of drug-likeness (QED) is 0.777. The molecule has 27 heavy (non-hydrogen) atoms. The highest BCUT2D eigenvalue weighted by molar-refractivity contribution is 5.71. The van der Waals surface area contributed by atoms with E-state index in [1.807, 2.05) is 0 Å². The van der Waals surface area contributed by atoms with Crippen molar-refractivity contribution in [2.45, 2.75) is 72.0 Å². The van der Waals surface area contributed by atoms with E-state index in [9.17, 15) is 9.59 Å². The van der Waals surface area contributed by atoms with Crippen molar-refractivity contribution < 1.29 is 0 Å². The Labute approximate surface area is 160 Å². The zero-order valence-corrected chi connectivity index (χ0v) is 17.4. The number of fused-ring (bicyclic) bond motifs is 1. The smallest absolute Gasteiger partial charge is 0.321 e. The van der Waals surface area contributed by atoms with E-state index in [-0.39, 0.29) is 11.2 Å². The van der Waals surface area contributed by atoms with E-state index in [0.717, 1.165) is 38.3 Å². The second-order valence-corrected chi connectivity index (χ2v) is 8.27. The Bertz CT molecular complexity index is 921. The molecule has 150 valence electrons. The van der Waals surface area contributed by atoms with Gasteiger partial charge in [0.1, 0.15) is 5.82 Å². The molecule has 0 N–H and O–H groups in total. The fourth-order valence-electron chi connectivity index (χ4n) is 4.15. The summed E-state index contributed by atoms with van der Waals surface area (Å²) < 4.78 is 4.76. The first-order valence-corrected chi connectivity index (χ1v) is 10.2. The number of piperidine rings is 1. The highest BCUT2D eigenvalue weighted by Gasteiger charge is 2.25. The van der Waals surface area contributed by atoms with E-state index in [0.29, 0.717) is 23.1 Å². The van der Waals surface area contributed by atoms with Crippen molar-refractivity contribution in [2.75, 3.05) is 6.54 Å². The third-order valence-electron chi connectivity index (χ3n) is 5.92. The van der Waals surface area contributed by atoms with Gasteiger partial charge < -0.3 is 4.57 Å². The summed E-state index contributed by atoms with van der Waals surface area (Å²) in [7, 11) is 3.24. The number of hydrogen-bond donors (Lipinski definition) is 0. The van der Waals surface area contributed by atoms with Gasteiger partial charge in [0.25, 0.3) is 5.56 Å². The minimum Gasteiger partial charge on any atom is -0.321 e. The molecule has 2 aromatic heterocycles. The third kappa shape index (κ3) is 3.74. The van der Waals surface area contributed by atoms with E-state index in [2.05, 4.69) is 30.2 Å². The van der Waals surface area contributed by atoms with Gasteiger partial charge in [0.2, 0.25) is 0 Å². The van der Waals surface area contributed by atoms with Crippen LogP contribution in [-0.2, 0) is 27.2 Å². The van der Waals surface area contributed by atoms with Gasteiger partial charge in [0, 0.05) is 26.7 Å². The molecule has 0 spiro atoms. The maximum atomic E-state index is 12.9. The lowest BCUT2D eigenvalue weighted by molar-refractivity contribution is 0.131. The zero-order valence-electron chi connectivity index (χ0n) is 17.4. The molecule has 0 amide bonds. The SMILES string of the molecule is CC[C@@H]1CCCCN1Cc1nc2c(c(=O)n(C)c(=O)n2C)n1CCC(C)C. The Hall–Kier alpha value is -1.89. The third-order valence-corrected chi connectivity index (χ3v) is 5.92. The molecule has 7 nitrogen and oxygen atoms in total. The molecule has 3 heterocycles. The molecule has 7 heteroatoms. The molecule has 0 aliphatic carbocycles. The van der Waals surface area contributed by atoms with Gasteiger partial charge in [-0.05, 0) is 38.1 Å². The van der Waals surface area contributed by atoms with Crippen LogP contribution < -0.4 is 11.2 Å². The van der Waals surface area contributed by atoms with Crippen molar-refractivity contribution in [2.24, 2.45) is 20.0 Å². The Kier molecular flexibility index (Phi) is 5.89. The highest BCUT2D eigenvalue weighted by Crippen LogP contribution is 2.23. The van der Waals surface area contributed by atoms with Crippen LogP contribution in [0.3, 0.4) is 0 Å². The normalized spacial score (nSPS) is 18.7. The van der Waals surface area contributed by atoms with E-state index in [1.54, 1.807) is 14.1 Å². The van der Waals surface area contributed by atoms with Gasteiger partial charge in [0.15, 0.2) is 11.2 Å². The molecular weight excluding hydrogens is 342 g/mol. The average molecular weight is 376 g/mol. The van der Waals surface area contributed by atoms with E-state index in [4.69, 9.17) is 4.98 Å². The van der Waals surface area contributed by atoms with E-state index >= 15 is 0 Å². The van der Waals surface area contributed by atoms with Crippen LogP contribution in [0.5, 0.6) is 0 Å². The molecule has 2 aromatic rings. The maximum absolute atomic E-state index is 12.9. The first kappa shape index (κ1) is 19.9. The average Bonchev–Trinajstić information content (AvgIpc) is 3.01. The van der Waals surface area contributed by atoms with Gasteiger partial charge >= 0.3 is 5.69 Å². The van der Waals surface area contributed by atoms with Crippen molar-refractivity contribution in [1.82, 2.24) is 23.6 Å². The summed E-state index contributed by atoms with van der Waals surface area (Å²) in [6.07, 6.45) is 5.83. The first-order valence-electron chi connectivity index (χ1n) is 10.2. The Balaban J connectivity index is 2.11. The van der Waals surface area contributed by atoms with Crippen LogP contribution in [0.2, 0.25) is 0 Å². The minimum absolute atomic E-state index is 0.249. The second-order valence-electron chi connectivity index (χ2n) is 8.27. The summed E-state index contributed by atoms with van der Waals surface area (Å²) in [4.78, 5) is 32.5. The summed E-state index contributed by atoms with van der Waals surface area (Å²) in [5.41, 5.74) is 0.491. The van der Waals surface area contributed by atoms with Crippen LogP contribution in [0.15, 0.2) is 9.59 Å². The molecule has 0 aromatic carbocycles. The number of hydrogen-bond acceptors (Lipinski definition) is 4. The van der Waals surface area contributed by atoms with Gasteiger partial charge in [-0.15, -0.1) is 0 Å². The Morgan fingerprint density at radius 1 is 1.15 bits per heavy atom. The largest absolute Gasteiger partial charge is 0.332 e. The lowest BCUT2D eigenvalue weighted by Crippen LogP contribution is -2.39. The summed E-state index contributed by atoms with van der Waals surface area (Å²) in [5, 5.41) is 0. The predicted octanol–water partition coefficient (Wildman–Crippen LogP) is 2.24. The second kappa shape index (κ2) is 8.00. The van der Waals surface area contributed by atoms with Crippen molar-refractivity contribution in [3.63, 3.8) is 0 Å². The fraction of sp³-hybridized carbons (Fsp3) is 0.750. The number of nitrogens with zero attached hydrogens (tertiary/aromatic N) is 5. The van der Waals surface area contributed by atoms with Gasteiger partial charge in [-0.2, -0.15) is 0 Å². The van der Waals surface area contributed by atoms with Crippen molar-refractivity contribution in [3.8, 4) is 0 Å². The number of aromatic nitrogens is 4. The van der Waals surface area contributed by atoms with Crippen LogP contribution in [0.4, 0.5) is 0 Å². The molecule has 1 saturated heterocycles. The summed E-state index contributed by atoms with van der Waals surface area (Å²) >= 11 is 0. The molecule has 1 aliphatic heterocycles. The van der Waals surface area contributed by atoms with Crippen molar-refractivity contribution >= 4 is 11.2 Å². The lowest BCUT2D eigenvalue weighted by atomic mass is 10.00. The Morgan fingerprint density at radius 2 is 1.89 bits per heavy atom. The molecular formula is C20H33N5O2. The lowest BCUT2D eigenvalue weighted by Gasteiger charge is -2.34. The van der Waals surface area contributed by atoms with Gasteiger partial charge in [0.05, 0.1) is 6.54 Å². The molecule has 1 atom stereocenters. The molecule has 0 bridgehead atoms. The molecule has 0 saturated carbocycles. The summed E-state index contributed by atoms with van der Waals surface area (Å²) in [6.45, 7) is 9.17. The molecule has 0 unspecified atom stereocenters. The number of rotatable bonds is 6. The van der Waals surface area contributed by atoms with Gasteiger partial charge in [-0.25, -0.2) is 9.78 Å². The maximum Gasteiger partial charge on any atom is 0.332 e. The van der Waals surface area contributed by atoms with Crippen LogP contribution in [-0.4, -0.2) is 36.2 Å². The topological polar surface area (TPSA) is 65.1 Å². The van der Waals surface area contributed by atoms with Crippen LogP contribution >= 0.6 is 0 Å². The number of aryl methyl sites for hydroxylation is 2. The van der Waals surface area contributed by atoms with Crippen LogP contribution in [0.1, 0.15) is 58.7 Å². The molecule has 0 radical (unpaired) electrons. The molecule has 1 aliphatic rings. The van der Waals surface area contributed by atoms with Crippen LogP contribution in [0.25, 0.3) is 11.2 Å². The zero-order chi connectivity index (χ0) is 19.7.